The third-order valence-corrected chi connectivity index (χ3v) is 5.64. The van der Waals surface area contributed by atoms with Crippen LogP contribution in [0.4, 0.5) is 0 Å². The molecule has 2 aromatic rings. The number of methoxy groups -OCH3 is 3. The minimum atomic E-state index is -0.553. The van der Waals surface area contributed by atoms with E-state index in [2.05, 4.69) is 20.5 Å². The molecule has 0 unspecified atom stereocenters. The summed E-state index contributed by atoms with van der Waals surface area (Å²) in [6.07, 6.45) is 3.93. The molecule has 194 valence electrons. The zero-order chi connectivity index (χ0) is 26.2. The van der Waals surface area contributed by atoms with Gasteiger partial charge in [0.2, 0.25) is 5.91 Å². The predicted molar refractivity (Wildman–Crippen MR) is 134 cm³/mol. The molecular formula is C26H34N4O6. The van der Waals surface area contributed by atoms with E-state index in [1.54, 1.807) is 26.4 Å². The molecule has 1 aromatic carbocycles. The van der Waals surface area contributed by atoms with Crippen molar-refractivity contribution in [2.75, 3.05) is 27.9 Å². The molecule has 1 aromatic heterocycles. The molecule has 0 radical (unpaired) electrons. The van der Waals surface area contributed by atoms with Gasteiger partial charge in [0.25, 0.3) is 5.91 Å². The quantitative estimate of drug-likeness (QED) is 0.432. The van der Waals surface area contributed by atoms with Crippen molar-refractivity contribution in [3.05, 3.63) is 41.7 Å². The van der Waals surface area contributed by atoms with Gasteiger partial charge in [-0.3, -0.25) is 19.1 Å². The van der Waals surface area contributed by atoms with Crippen LogP contribution in [0.1, 0.15) is 43.6 Å². The Morgan fingerprint density at radius 3 is 2.36 bits per heavy atom. The second kappa shape index (κ2) is 12.2. The molecule has 0 atom stereocenters. The number of amides is 2. The first-order valence-corrected chi connectivity index (χ1v) is 11.9. The maximum absolute atomic E-state index is 13.2. The summed E-state index contributed by atoms with van der Waals surface area (Å²) in [6, 6.07) is 7.22. The minimum absolute atomic E-state index is 0.0783. The van der Waals surface area contributed by atoms with Crippen molar-refractivity contribution in [3.63, 3.8) is 0 Å². The first kappa shape index (κ1) is 26.8. The lowest BCUT2D eigenvalue weighted by Crippen LogP contribution is -2.33. The van der Waals surface area contributed by atoms with Crippen molar-refractivity contribution >= 4 is 17.8 Å². The van der Waals surface area contributed by atoms with Gasteiger partial charge in [-0.1, -0.05) is 26.0 Å². The molecule has 0 spiro atoms. The lowest BCUT2D eigenvalue weighted by atomic mass is 10.1. The van der Waals surface area contributed by atoms with Crippen molar-refractivity contribution in [1.29, 1.82) is 0 Å². The molecule has 36 heavy (non-hydrogen) atoms. The Hall–Kier alpha value is -3.82. The molecule has 1 aliphatic rings. The van der Waals surface area contributed by atoms with E-state index in [1.807, 2.05) is 36.7 Å². The number of nitrogens with one attached hydrogen (secondary N) is 2. The van der Waals surface area contributed by atoms with Crippen LogP contribution in [0.2, 0.25) is 0 Å². The van der Waals surface area contributed by atoms with Crippen LogP contribution in [0.5, 0.6) is 11.5 Å². The highest BCUT2D eigenvalue weighted by atomic mass is 16.5. The normalized spacial score (nSPS) is 13.3. The van der Waals surface area contributed by atoms with Gasteiger partial charge in [-0.2, -0.15) is 5.10 Å². The topological polar surface area (TPSA) is 121 Å². The number of nitrogens with zero attached hydrogens (tertiary/aromatic N) is 2. The molecule has 3 rings (SSSR count). The first-order chi connectivity index (χ1) is 17.2. The van der Waals surface area contributed by atoms with Crippen molar-refractivity contribution in [3.8, 4) is 22.8 Å². The minimum Gasteiger partial charge on any atom is -0.496 e. The molecule has 2 N–H and O–H groups in total. The summed E-state index contributed by atoms with van der Waals surface area (Å²) in [5, 5.41) is 9.91. The third-order valence-electron chi connectivity index (χ3n) is 5.64. The van der Waals surface area contributed by atoms with Gasteiger partial charge >= 0.3 is 5.97 Å². The van der Waals surface area contributed by atoms with Crippen molar-refractivity contribution in [2.45, 2.75) is 39.7 Å². The number of esters is 1. The highest BCUT2D eigenvalue weighted by Crippen LogP contribution is 2.40. The van der Waals surface area contributed by atoms with Crippen LogP contribution in [-0.2, 0) is 20.9 Å². The van der Waals surface area contributed by atoms with Crippen LogP contribution in [0, 0.1) is 11.8 Å². The number of aromatic nitrogens is 2. The number of allylic oxidation sites excluding steroid dienone is 1. The van der Waals surface area contributed by atoms with E-state index in [1.165, 1.54) is 7.11 Å². The summed E-state index contributed by atoms with van der Waals surface area (Å²) in [5.41, 5.74) is 2.06. The monoisotopic (exact) mass is 498 g/mol. The van der Waals surface area contributed by atoms with Gasteiger partial charge in [-0.15, -0.1) is 0 Å². The van der Waals surface area contributed by atoms with Crippen molar-refractivity contribution in [2.24, 2.45) is 11.8 Å². The second-order valence-electron chi connectivity index (χ2n) is 9.00. The fourth-order valence-electron chi connectivity index (χ4n) is 3.75. The van der Waals surface area contributed by atoms with Gasteiger partial charge in [0.1, 0.15) is 18.0 Å². The Morgan fingerprint density at radius 2 is 1.81 bits per heavy atom. The molecule has 10 nitrogen and oxygen atoms in total. The molecule has 0 bridgehead atoms. The first-order valence-electron chi connectivity index (χ1n) is 11.9. The predicted octanol–water partition coefficient (Wildman–Crippen LogP) is 2.93. The molecule has 0 aliphatic heterocycles. The molecule has 1 aliphatic carbocycles. The van der Waals surface area contributed by atoms with E-state index in [9.17, 15) is 14.4 Å². The number of benzene rings is 1. The van der Waals surface area contributed by atoms with E-state index >= 15 is 0 Å². The van der Waals surface area contributed by atoms with Crippen LogP contribution in [0.15, 0.2) is 36.0 Å². The number of hydrogen-bond donors (Lipinski definition) is 2. The maximum atomic E-state index is 13.2. The highest BCUT2D eigenvalue weighted by molar-refractivity contribution is 5.96. The Labute approximate surface area is 211 Å². The molecule has 1 fully saturated rings. The van der Waals surface area contributed by atoms with Crippen LogP contribution >= 0.6 is 0 Å². The summed E-state index contributed by atoms with van der Waals surface area (Å²) in [6.45, 7) is 4.31. The average Bonchev–Trinajstić information content (AvgIpc) is 3.57. The van der Waals surface area contributed by atoms with E-state index in [4.69, 9.17) is 9.47 Å². The zero-order valence-corrected chi connectivity index (χ0v) is 21.4. The fraction of sp³-hybridized carbons (Fsp3) is 0.462. The summed E-state index contributed by atoms with van der Waals surface area (Å²) in [4.78, 5) is 36.9. The highest BCUT2D eigenvalue weighted by Gasteiger charge is 2.27. The largest absolute Gasteiger partial charge is 0.496 e. The number of ether oxygens (including phenoxy) is 3. The van der Waals surface area contributed by atoms with Crippen LogP contribution in [0.25, 0.3) is 11.3 Å². The van der Waals surface area contributed by atoms with Crippen LogP contribution in [0.3, 0.4) is 0 Å². The standard InChI is InChI=1S/C26H34N4O6/c1-16(2)11-18(12-23(31)27-14-24(32)36-5)28-26(33)19-13-20(30(29-19)15-17-9-10-17)25-21(34-3)7-6-8-22(25)35-4/h6-8,11,13,16-17H,9-10,12,14-15H2,1-5H3,(H,27,31)(H,28,33)/b18-11+. The molecule has 0 saturated heterocycles. The van der Waals surface area contributed by atoms with E-state index in [-0.39, 0.29) is 24.6 Å². The summed E-state index contributed by atoms with van der Waals surface area (Å²) < 4.78 is 17.5. The van der Waals surface area contributed by atoms with Gasteiger partial charge in [0.05, 0.1) is 39.0 Å². The summed E-state index contributed by atoms with van der Waals surface area (Å²) in [5.74, 6) is 0.410. The Balaban J connectivity index is 1.87. The fourth-order valence-corrected chi connectivity index (χ4v) is 3.75. The van der Waals surface area contributed by atoms with E-state index in [0.717, 1.165) is 18.4 Å². The Bertz CT molecular complexity index is 1110. The number of rotatable bonds is 12. The molecule has 1 heterocycles. The third kappa shape index (κ3) is 7.10. The smallest absolute Gasteiger partial charge is 0.325 e. The van der Waals surface area contributed by atoms with Crippen LogP contribution < -0.4 is 20.1 Å². The van der Waals surface area contributed by atoms with Gasteiger partial charge < -0.3 is 24.8 Å². The van der Waals surface area contributed by atoms with Gasteiger partial charge in [-0.05, 0) is 42.9 Å². The second-order valence-corrected chi connectivity index (χ2v) is 9.00. The molecule has 2 amide bonds. The van der Waals surface area contributed by atoms with Gasteiger partial charge in [0, 0.05) is 12.2 Å². The number of carbonyl (C=O) groups excluding carboxylic acids is 3. The Morgan fingerprint density at radius 1 is 1.14 bits per heavy atom. The van der Waals surface area contributed by atoms with E-state index in [0.29, 0.717) is 35.4 Å². The molecular weight excluding hydrogens is 464 g/mol. The SMILES string of the molecule is COC(=O)CNC(=O)C/C(=C\C(C)C)NC(=O)c1cc(-c2c(OC)cccc2OC)n(CC2CC2)n1. The maximum Gasteiger partial charge on any atom is 0.325 e. The number of carbonyl (C=O) groups is 3. The zero-order valence-electron chi connectivity index (χ0n) is 21.4. The van der Waals surface area contributed by atoms with Crippen molar-refractivity contribution in [1.82, 2.24) is 20.4 Å². The number of hydrogen-bond acceptors (Lipinski definition) is 7. The lowest BCUT2D eigenvalue weighted by molar-refractivity contribution is -0.141. The summed E-state index contributed by atoms with van der Waals surface area (Å²) >= 11 is 0. The van der Waals surface area contributed by atoms with Crippen molar-refractivity contribution < 1.29 is 28.6 Å². The molecule has 10 heteroatoms. The summed E-state index contributed by atoms with van der Waals surface area (Å²) in [7, 11) is 4.42. The Kier molecular flexibility index (Phi) is 9.10. The average molecular weight is 499 g/mol. The van der Waals surface area contributed by atoms with E-state index < -0.39 is 17.8 Å². The lowest BCUT2D eigenvalue weighted by Gasteiger charge is -2.14. The van der Waals surface area contributed by atoms with Gasteiger partial charge in [-0.25, -0.2) is 0 Å². The molecule has 1 saturated carbocycles. The van der Waals surface area contributed by atoms with Gasteiger partial charge in [0.15, 0.2) is 5.69 Å². The van der Waals surface area contributed by atoms with Crippen LogP contribution in [-0.4, -0.2) is 55.4 Å².